The van der Waals surface area contributed by atoms with Crippen LogP contribution in [0.5, 0.6) is 0 Å². The molecular weight excluding hydrogens is 242 g/mol. The quantitative estimate of drug-likeness (QED) is 0.858. The molecule has 0 aliphatic carbocycles. The first kappa shape index (κ1) is 15.2. The molecule has 0 unspecified atom stereocenters. The zero-order chi connectivity index (χ0) is 14.5. The van der Waals surface area contributed by atoms with Gasteiger partial charge in [-0.1, -0.05) is 32.9 Å². The zero-order valence-electron chi connectivity index (χ0n) is 11.7. The van der Waals surface area contributed by atoms with Crippen LogP contribution in [-0.2, 0) is 16.0 Å². The fraction of sp³-hybridized carbons (Fsp3) is 0.467. The summed E-state index contributed by atoms with van der Waals surface area (Å²) in [5, 5.41) is 11.5. The first-order chi connectivity index (χ1) is 8.76. The van der Waals surface area contributed by atoms with Crippen molar-refractivity contribution >= 4 is 17.6 Å². The topological polar surface area (TPSA) is 66.4 Å². The monoisotopic (exact) mass is 263 g/mol. The lowest BCUT2D eigenvalue weighted by molar-refractivity contribution is -0.137. The molecule has 4 heteroatoms. The normalized spacial score (nSPS) is 11.1. The Morgan fingerprint density at radius 3 is 2.53 bits per heavy atom. The second kappa shape index (κ2) is 6.36. The van der Waals surface area contributed by atoms with Gasteiger partial charge in [0, 0.05) is 18.5 Å². The number of carbonyl (C=O) groups excluding carboxylic acids is 1. The Balaban J connectivity index is 2.61. The summed E-state index contributed by atoms with van der Waals surface area (Å²) in [6.45, 7) is 6.03. The lowest BCUT2D eigenvalue weighted by Crippen LogP contribution is -2.19. The summed E-state index contributed by atoms with van der Waals surface area (Å²) in [7, 11) is 0. The van der Waals surface area contributed by atoms with E-state index in [2.05, 4.69) is 5.32 Å². The Bertz CT molecular complexity index is 461. The maximum absolute atomic E-state index is 11.8. The number of nitrogens with one attached hydrogen (secondary N) is 1. The number of carboxylic acid groups (broad SMARTS) is 1. The number of anilines is 1. The minimum absolute atomic E-state index is 0.0251. The van der Waals surface area contributed by atoms with E-state index in [9.17, 15) is 9.59 Å². The number of aryl methyl sites for hydroxylation is 1. The van der Waals surface area contributed by atoms with Crippen LogP contribution in [0.4, 0.5) is 5.69 Å². The minimum atomic E-state index is -0.817. The first-order valence-corrected chi connectivity index (χ1v) is 6.37. The maximum atomic E-state index is 11.8. The van der Waals surface area contributed by atoms with Crippen molar-refractivity contribution in [3.63, 3.8) is 0 Å². The van der Waals surface area contributed by atoms with E-state index in [1.807, 2.05) is 45.0 Å². The molecular formula is C15H21NO3. The standard InChI is InChI=1S/C15H21NO3/c1-15(2,3)10-13(17)16-12-6-4-5-11(9-12)7-8-14(18)19/h4-6,9H,7-8,10H2,1-3H3,(H,16,17)(H,18,19). The van der Waals surface area contributed by atoms with Gasteiger partial charge in [-0.3, -0.25) is 9.59 Å². The maximum Gasteiger partial charge on any atom is 0.303 e. The number of rotatable bonds is 5. The molecule has 0 aliphatic heterocycles. The third kappa shape index (κ3) is 6.60. The van der Waals surface area contributed by atoms with Crippen molar-refractivity contribution in [1.29, 1.82) is 0 Å². The smallest absolute Gasteiger partial charge is 0.303 e. The van der Waals surface area contributed by atoms with Gasteiger partial charge in [-0.2, -0.15) is 0 Å². The third-order valence-corrected chi connectivity index (χ3v) is 2.53. The number of hydrogen-bond acceptors (Lipinski definition) is 2. The molecule has 0 heterocycles. The van der Waals surface area contributed by atoms with Crippen LogP contribution in [-0.4, -0.2) is 17.0 Å². The van der Waals surface area contributed by atoms with E-state index in [4.69, 9.17) is 5.11 Å². The van der Waals surface area contributed by atoms with E-state index in [-0.39, 0.29) is 17.7 Å². The average molecular weight is 263 g/mol. The van der Waals surface area contributed by atoms with Gasteiger partial charge in [-0.25, -0.2) is 0 Å². The Labute approximate surface area is 113 Å². The van der Waals surface area contributed by atoms with Crippen LogP contribution < -0.4 is 5.32 Å². The average Bonchev–Trinajstić information content (AvgIpc) is 2.24. The van der Waals surface area contributed by atoms with Crippen LogP contribution in [0.3, 0.4) is 0 Å². The van der Waals surface area contributed by atoms with E-state index >= 15 is 0 Å². The third-order valence-electron chi connectivity index (χ3n) is 2.53. The molecule has 0 atom stereocenters. The van der Waals surface area contributed by atoms with E-state index in [1.54, 1.807) is 0 Å². The van der Waals surface area contributed by atoms with Crippen LogP contribution in [0.25, 0.3) is 0 Å². The van der Waals surface area contributed by atoms with E-state index in [0.29, 0.717) is 12.8 Å². The van der Waals surface area contributed by atoms with Crippen molar-refractivity contribution in [2.24, 2.45) is 5.41 Å². The number of carbonyl (C=O) groups is 2. The molecule has 1 amide bonds. The van der Waals surface area contributed by atoms with Gasteiger partial charge in [-0.05, 0) is 29.5 Å². The molecule has 0 aromatic heterocycles. The van der Waals surface area contributed by atoms with Crippen LogP contribution in [0.2, 0.25) is 0 Å². The minimum Gasteiger partial charge on any atom is -0.481 e. The summed E-state index contributed by atoms with van der Waals surface area (Å²) in [5.74, 6) is -0.843. The summed E-state index contributed by atoms with van der Waals surface area (Å²) < 4.78 is 0. The van der Waals surface area contributed by atoms with Crippen molar-refractivity contribution in [1.82, 2.24) is 0 Å². The number of benzene rings is 1. The SMILES string of the molecule is CC(C)(C)CC(=O)Nc1cccc(CCC(=O)O)c1. The zero-order valence-corrected chi connectivity index (χ0v) is 11.7. The van der Waals surface area contributed by atoms with Crippen LogP contribution in [0.15, 0.2) is 24.3 Å². The highest BCUT2D eigenvalue weighted by Gasteiger charge is 2.15. The van der Waals surface area contributed by atoms with Crippen molar-refractivity contribution < 1.29 is 14.7 Å². The molecule has 4 nitrogen and oxygen atoms in total. The number of amides is 1. The van der Waals surface area contributed by atoms with Gasteiger partial charge in [-0.15, -0.1) is 0 Å². The predicted octanol–water partition coefficient (Wildman–Crippen LogP) is 3.08. The molecule has 104 valence electrons. The van der Waals surface area contributed by atoms with Gasteiger partial charge in [0.1, 0.15) is 0 Å². The number of aliphatic carboxylic acids is 1. The van der Waals surface area contributed by atoms with E-state index in [0.717, 1.165) is 11.3 Å². The van der Waals surface area contributed by atoms with Gasteiger partial charge in [0.25, 0.3) is 0 Å². The summed E-state index contributed by atoms with van der Waals surface area (Å²) in [6, 6.07) is 7.32. The van der Waals surface area contributed by atoms with Gasteiger partial charge < -0.3 is 10.4 Å². The molecule has 0 aliphatic rings. The highest BCUT2D eigenvalue weighted by molar-refractivity contribution is 5.91. The van der Waals surface area contributed by atoms with Gasteiger partial charge in [0.15, 0.2) is 0 Å². The lowest BCUT2D eigenvalue weighted by Gasteiger charge is -2.17. The summed E-state index contributed by atoms with van der Waals surface area (Å²) in [6.07, 6.45) is 1.02. The summed E-state index contributed by atoms with van der Waals surface area (Å²) in [4.78, 5) is 22.3. The number of carboxylic acids is 1. The highest BCUT2D eigenvalue weighted by Crippen LogP contribution is 2.20. The molecule has 2 N–H and O–H groups in total. The Morgan fingerprint density at radius 1 is 1.26 bits per heavy atom. The summed E-state index contributed by atoms with van der Waals surface area (Å²) in [5.41, 5.74) is 1.58. The van der Waals surface area contributed by atoms with Crippen LogP contribution >= 0.6 is 0 Å². The largest absolute Gasteiger partial charge is 0.481 e. The van der Waals surface area contributed by atoms with Crippen molar-refractivity contribution in [2.45, 2.75) is 40.0 Å². The fourth-order valence-corrected chi connectivity index (χ4v) is 1.74. The predicted molar refractivity (Wildman–Crippen MR) is 75.1 cm³/mol. The van der Waals surface area contributed by atoms with Crippen LogP contribution in [0, 0.1) is 5.41 Å². The second-order valence-electron chi connectivity index (χ2n) is 5.88. The Morgan fingerprint density at radius 2 is 1.95 bits per heavy atom. The first-order valence-electron chi connectivity index (χ1n) is 6.37. The van der Waals surface area contributed by atoms with Crippen molar-refractivity contribution in [2.75, 3.05) is 5.32 Å². The molecule has 1 rings (SSSR count). The summed E-state index contributed by atoms with van der Waals surface area (Å²) >= 11 is 0. The number of hydrogen-bond donors (Lipinski definition) is 2. The highest BCUT2D eigenvalue weighted by atomic mass is 16.4. The molecule has 0 fully saturated rings. The molecule has 0 bridgehead atoms. The lowest BCUT2D eigenvalue weighted by atomic mass is 9.92. The van der Waals surface area contributed by atoms with E-state index in [1.165, 1.54) is 0 Å². The fourth-order valence-electron chi connectivity index (χ4n) is 1.74. The molecule has 0 spiro atoms. The van der Waals surface area contributed by atoms with Gasteiger partial charge in [0.05, 0.1) is 0 Å². The Kier molecular flexibility index (Phi) is 5.10. The van der Waals surface area contributed by atoms with Crippen molar-refractivity contribution in [3.05, 3.63) is 29.8 Å². The Hall–Kier alpha value is -1.84. The van der Waals surface area contributed by atoms with Crippen LogP contribution in [0.1, 0.15) is 39.2 Å². The van der Waals surface area contributed by atoms with Gasteiger partial charge >= 0.3 is 5.97 Å². The molecule has 0 saturated heterocycles. The molecule has 1 aromatic carbocycles. The molecule has 0 radical (unpaired) electrons. The molecule has 1 aromatic rings. The van der Waals surface area contributed by atoms with E-state index < -0.39 is 5.97 Å². The molecule has 19 heavy (non-hydrogen) atoms. The van der Waals surface area contributed by atoms with Crippen molar-refractivity contribution in [3.8, 4) is 0 Å². The second-order valence-corrected chi connectivity index (χ2v) is 5.88. The van der Waals surface area contributed by atoms with Gasteiger partial charge in [0.2, 0.25) is 5.91 Å². The molecule has 0 saturated carbocycles.